The highest BCUT2D eigenvalue weighted by Gasteiger charge is 2.03. The first-order valence-electron chi connectivity index (χ1n) is 4.00. The fourth-order valence-electron chi connectivity index (χ4n) is 1.34. The van der Waals surface area contributed by atoms with Gasteiger partial charge in [0.05, 0.1) is 0 Å². The highest BCUT2D eigenvalue weighted by molar-refractivity contribution is 14.2. The van der Waals surface area contributed by atoms with Crippen LogP contribution in [0.15, 0.2) is 23.6 Å². The van der Waals surface area contributed by atoms with E-state index in [1.54, 1.807) is 0 Å². The van der Waals surface area contributed by atoms with E-state index in [1.807, 2.05) is 12.2 Å². The molecule has 0 aliphatic heterocycles. The number of benzene rings is 1. The first kappa shape index (κ1) is 9.24. The van der Waals surface area contributed by atoms with Crippen molar-refractivity contribution in [2.75, 3.05) is 0 Å². The highest BCUT2D eigenvalue weighted by Crippen LogP contribution is 2.25. The lowest BCUT2D eigenvalue weighted by Crippen LogP contribution is -2.00. The van der Waals surface area contributed by atoms with Crippen molar-refractivity contribution < 1.29 is 0 Å². The molecule has 0 radical (unpaired) electrons. The predicted octanol–water partition coefficient (Wildman–Crippen LogP) is 3.44. The molecule has 1 aromatic rings. The molecule has 0 fully saturated rings. The van der Waals surface area contributed by atoms with Gasteiger partial charge in [0.1, 0.15) is 0 Å². The smallest absolute Gasteiger partial charge is 0.00362 e. The largest absolute Gasteiger partial charge is 0.0696 e. The Morgan fingerprint density at radius 2 is 1.77 bits per heavy atom. The van der Waals surface area contributed by atoms with E-state index in [0.717, 1.165) is 6.22 Å². The molecular formula is C11H8IP. The molecule has 1 aromatic carbocycles. The topological polar surface area (TPSA) is 0 Å². The summed E-state index contributed by atoms with van der Waals surface area (Å²) < 4.78 is 0. The monoisotopic (exact) mass is 298 g/mol. The van der Waals surface area contributed by atoms with Gasteiger partial charge in [0.15, 0.2) is 0 Å². The van der Waals surface area contributed by atoms with Crippen LogP contribution in [-0.2, 0) is 0 Å². The maximum Gasteiger partial charge on any atom is -0.00362 e. The van der Waals surface area contributed by atoms with Crippen molar-refractivity contribution in [2.24, 2.45) is 0 Å². The van der Waals surface area contributed by atoms with Crippen LogP contribution in [0.5, 0.6) is 0 Å². The summed E-state index contributed by atoms with van der Waals surface area (Å²) in [6.45, 7) is 2.16. The van der Waals surface area contributed by atoms with Crippen LogP contribution in [0.3, 0.4) is 0 Å². The Bertz CT molecular complexity index is 447. The minimum Gasteiger partial charge on any atom is -0.0696 e. The summed E-state index contributed by atoms with van der Waals surface area (Å²) in [5.41, 5.74) is 9.86. The summed E-state index contributed by atoms with van der Waals surface area (Å²) in [4.78, 5) is 0. The number of rotatable bonds is 1. The van der Waals surface area contributed by atoms with Gasteiger partial charge < -0.3 is 0 Å². The van der Waals surface area contributed by atoms with Gasteiger partial charge in [-0.1, -0.05) is 39.6 Å². The lowest BCUT2D eigenvalue weighted by Gasteiger charge is -2.07. The van der Waals surface area contributed by atoms with Crippen LogP contribution in [0.1, 0.15) is 16.7 Å². The zero-order valence-electron chi connectivity index (χ0n) is 7.19. The number of hydrogen-bond acceptors (Lipinski definition) is 0. The molecule has 0 nitrogen and oxygen atoms in total. The summed E-state index contributed by atoms with van der Waals surface area (Å²) >= 11 is 2.42. The Morgan fingerprint density at radius 3 is 2.38 bits per heavy atom. The summed E-state index contributed by atoms with van der Waals surface area (Å²) in [6.07, 6.45) is 4.82. The lowest BCUT2D eigenvalue weighted by molar-refractivity contribution is 1.49. The molecule has 0 saturated carbocycles. The van der Waals surface area contributed by atoms with Gasteiger partial charge in [-0.25, -0.2) is 0 Å². The van der Waals surface area contributed by atoms with E-state index in [9.17, 15) is 0 Å². The maximum atomic E-state index is 2.98. The zero-order chi connectivity index (χ0) is 9.26. The lowest BCUT2D eigenvalue weighted by atomic mass is 10.0. The molecule has 2 rings (SSSR count). The minimum absolute atomic E-state index is 0.838. The van der Waals surface area contributed by atoms with Crippen molar-refractivity contribution in [1.82, 2.24) is 0 Å². The first-order chi connectivity index (χ1) is 6.31. The summed E-state index contributed by atoms with van der Waals surface area (Å²) in [6, 6.07) is 4.47. The van der Waals surface area contributed by atoms with Crippen molar-refractivity contribution in [2.45, 2.75) is 6.92 Å². The average Bonchev–Trinajstić information content (AvgIpc) is 2.17. The molecule has 64 valence electrons. The van der Waals surface area contributed by atoms with Gasteiger partial charge >= 0.3 is 0 Å². The molecule has 1 unspecified atom stereocenters. The molecule has 0 amide bonds. The number of fused-ring (bicyclic) bond motifs is 1. The van der Waals surface area contributed by atoms with Gasteiger partial charge in [-0.2, -0.15) is 0 Å². The molecule has 2 heteroatoms. The minimum atomic E-state index is 0.838. The Morgan fingerprint density at radius 1 is 1.15 bits per heavy atom. The summed E-state index contributed by atoms with van der Waals surface area (Å²) in [7, 11) is 0. The quantitative estimate of drug-likeness (QED) is 0.430. The van der Waals surface area contributed by atoms with Crippen LogP contribution in [0.2, 0.25) is 0 Å². The molecular weight excluding hydrogens is 290 g/mol. The summed E-state index contributed by atoms with van der Waals surface area (Å²) in [5, 5.41) is 1.44. The number of aryl methyl sites for hydroxylation is 1. The third-order valence-electron chi connectivity index (χ3n) is 2.07. The molecule has 0 bridgehead atoms. The first-order valence-corrected chi connectivity index (χ1v) is 8.11. The van der Waals surface area contributed by atoms with Crippen molar-refractivity contribution in [3.05, 3.63) is 40.3 Å². The highest BCUT2D eigenvalue weighted by atomic mass is 127. The SMILES string of the molecule is Cc1cc2c(cc1PI)C=C=C=C2. The van der Waals surface area contributed by atoms with Crippen LogP contribution in [0.4, 0.5) is 0 Å². The average molecular weight is 298 g/mol. The molecule has 0 N–H and O–H groups in total. The van der Waals surface area contributed by atoms with Gasteiger partial charge in [0.25, 0.3) is 0 Å². The van der Waals surface area contributed by atoms with E-state index in [0.29, 0.717) is 0 Å². The molecule has 0 heterocycles. The Balaban J connectivity index is 2.63. The van der Waals surface area contributed by atoms with Crippen molar-refractivity contribution in [3.63, 3.8) is 0 Å². The van der Waals surface area contributed by atoms with Crippen LogP contribution in [0.25, 0.3) is 12.2 Å². The summed E-state index contributed by atoms with van der Waals surface area (Å²) in [5.74, 6) is 0. The molecule has 0 spiro atoms. The third kappa shape index (κ3) is 1.80. The van der Waals surface area contributed by atoms with E-state index in [-0.39, 0.29) is 0 Å². The molecule has 1 aliphatic rings. The Labute approximate surface area is 92.7 Å². The Kier molecular flexibility index (Phi) is 2.71. The second kappa shape index (κ2) is 3.82. The van der Waals surface area contributed by atoms with E-state index in [1.165, 1.54) is 22.0 Å². The zero-order valence-corrected chi connectivity index (χ0v) is 10.3. The van der Waals surface area contributed by atoms with E-state index in [4.69, 9.17) is 0 Å². The van der Waals surface area contributed by atoms with Gasteiger partial charge in [0, 0.05) is 0 Å². The van der Waals surface area contributed by atoms with Crippen LogP contribution in [0, 0.1) is 6.92 Å². The Hall–Kier alpha value is -0.320. The standard InChI is InChI=1S/C11H8IP/c1-8-6-9-4-2-3-5-10(9)7-11(8)13-12/h4-7,13H,1H3. The van der Waals surface area contributed by atoms with E-state index < -0.39 is 0 Å². The van der Waals surface area contributed by atoms with Crippen molar-refractivity contribution in [3.8, 4) is 0 Å². The third-order valence-corrected chi connectivity index (χ3v) is 4.56. The van der Waals surface area contributed by atoms with E-state index in [2.05, 4.69) is 52.6 Å². The van der Waals surface area contributed by atoms with Crippen LogP contribution >= 0.6 is 28.3 Å². The van der Waals surface area contributed by atoms with E-state index >= 15 is 0 Å². The number of halogens is 1. The maximum absolute atomic E-state index is 2.98. The number of hydrogen-bond donors (Lipinski definition) is 0. The molecule has 1 aliphatic carbocycles. The van der Waals surface area contributed by atoms with Gasteiger partial charge in [0.2, 0.25) is 0 Å². The van der Waals surface area contributed by atoms with Crippen LogP contribution < -0.4 is 5.30 Å². The fraction of sp³-hybridized carbons (Fsp3) is 0.0909. The van der Waals surface area contributed by atoms with Crippen molar-refractivity contribution >= 4 is 45.7 Å². The molecule has 0 aromatic heterocycles. The molecule has 0 saturated heterocycles. The fourth-order valence-corrected chi connectivity index (χ4v) is 3.51. The normalized spacial score (nSPS) is 12.8. The molecule has 1 atom stereocenters. The van der Waals surface area contributed by atoms with Gasteiger partial charge in [-0.3, -0.25) is 0 Å². The van der Waals surface area contributed by atoms with Gasteiger partial charge in [-0.15, -0.1) is 0 Å². The van der Waals surface area contributed by atoms with Crippen molar-refractivity contribution in [1.29, 1.82) is 0 Å². The molecule has 13 heavy (non-hydrogen) atoms. The van der Waals surface area contributed by atoms with Crippen LogP contribution in [-0.4, -0.2) is 0 Å². The second-order valence-electron chi connectivity index (χ2n) is 2.97. The second-order valence-corrected chi connectivity index (χ2v) is 5.31. The predicted molar refractivity (Wildman–Crippen MR) is 69.1 cm³/mol. The van der Waals surface area contributed by atoms with Gasteiger partial charge in [-0.05, 0) is 53.4 Å².